The van der Waals surface area contributed by atoms with Gasteiger partial charge in [0.05, 0.1) is 29.8 Å². The summed E-state index contributed by atoms with van der Waals surface area (Å²) in [7, 11) is 0. The number of aliphatic carboxylic acids is 2. The molecule has 0 aliphatic heterocycles. The smallest absolute Gasteiger partial charge is 0.417 e. The van der Waals surface area contributed by atoms with Gasteiger partial charge in [0.2, 0.25) is 0 Å². The van der Waals surface area contributed by atoms with Crippen LogP contribution in [0.5, 0.6) is 0 Å². The first kappa shape index (κ1) is 49.8. The van der Waals surface area contributed by atoms with Crippen LogP contribution in [-0.4, -0.2) is 46.7 Å². The van der Waals surface area contributed by atoms with E-state index in [0.29, 0.717) is 48.7 Å². The van der Waals surface area contributed by atoms with Gasteiger partial charge in [0.25, 0.3) is 0 Å². The minimum atomic E-state index is -4.59. The Kier molecular flexibility index (Phi) is 18.7. The summed E-state index contributed by atoms with van der Waals surface area (Å²) in [6, 6.07) is 38.6. The average Bonchev–Trinajstić information content (AvgIpc) is 3.30. The minimum absolute atomic E-state index is 0.0423. The molecule has 66 heavy (non-hydrogen) atoms. The summed E-state index contributed by atoms with van der Waals surface area (Å²) in [6.07, 6.45) is -4.46. The number of hydrogen-bond donors (Lipinski definition) is 4. The molecule has 0 heterocycles. The standard InChI is InChI=1S/C26H24F4N2O3.C25H25FN2O3/c1-17(20-5-2-18(3-6-20)15-31-13-12-25(33)34)32-35-16-19-4-11-23(24(14-19)26(28,29)30)21-7-9-22(27)10-8-21;1-18(20-9-7-19(8-10-20)16-27-14-13-25(29)30)28-31-17-23-12-11-22(15-24(23)26)21-5-3-2-4-6-21/h2-11,14,31H,12-13,15-16H2,1H3,(H,33,34);2-12,15,27H,13-14,16-17H2,1H3,(H,29,30). The van der Waals surface area contributed by atoms with Crippen LogP contribution in [0.4, 0.5) is 22.0 Å². The van der Waals surface area contributed by atoms with Gasteiger partial charge in [-0.05, 0) is 88.2 Å². The van der Waals surface area contributed by atoms with Crippen molar-refractivity contribution in [1.29, 1.82) is 0 Å². The van der Waals surface area contributed by atoms with Gasteiger partial charge in [-0.3, -0.25) is 9.59 Å². The monoisotopic (exact) mass is 908 g/mol. The molecular weight excluding hydrogens is 860 g/mol. The molecule has 0 aromatic heterocycles. The zero-order valence-corrected chi connectivity index (χ0v) is 36.2. The topological polar surface area (TPSA) is 142 Å². The van der Waals surface area contributed by atoms with E-state index >= 15 is 0 Å². The van der Waals surface area contributed by atoms with E-state index in [1.54, 1.807) is 13.0 Å². The number of carboxylic acids is 2. The lowest BCUT2D eigenvalue weighted by Crippen LogP contribution is -2.17. The fraction of sp³-hybridized carbons (Fsp3) is 0.216. The highest BCUT2D eigenvalue weighted by molar-refractivity contribution is 5.98. The fourth-order valence-corrected chi connectivity index (χ4v) is 6.36. The Morgan fingerprint density at radius 2 is 1.08 bits per heavy atom. The Hall–Kier alpha value is -7.23. The average molecular weight is 909 g/mol. The molecule has 0 amide bonds. The summed E-state index contributed by atoms with van der Waals surface area (Å²) < 4.78 is 68.6. The van der Waals surface area contributed by atoms with Crippen molar-refractivity contribution in [2.45, 2.75) is 59.2 Å². The van der Waals surface area contributed by atoms with Gasteiger partial charge in [-0.15, -0.1) is 0 Å². The molecule has 6 rings (SSSR count). The van der Waals surface area contributed by atoms with Crippen LogP contribution in [0.2, 0.25) is 0 Å². The molecule has 10 nitrogen and oxygen atoms in total. The van der Waals surface area contributed by atoms with Gasteiger partial charge >= 0.3 is 18.1 Å². The van der Waals surface area contributed by atoms with Gasteiger partial charge in [-0.25, -0.2) is 8.78 Å². The third kappa shape index (κ3) is 16.1. The Balaban J connectivity index is 0.000000249. The summed E-state index contributed by atoms with van der Waals surface area (Å²) in [4.78, 5) is 31.7. The number of nitrogens with zero attached hydrogens (tertiary/aromatic N) is 2. The van der Waals surface area contributed by atoms with Crippen molar-refractivity contribution in [2.75, 3.05) is 13.1 Å². The zero-order chi connectivity index (χ0) is 47.5. The van der Waals surface area contributed by atoms with Gasteiger partial charge in [0, 0.05) is 31.7 Å². The van der Waals surface area contributed by atoms with E-state index in [4.69, 9.17) is 19.9 Å². The summed E-state index contributed by atoms with van der Waals surface area (Å²) in [5, 5.41) is 31.5. The number of benzene rings is 6. The van der Waals surface area contributed by atoms with Crippen LogP contribution in [0.1, 0.15) is 65.6 Å². The molecular formula is C51H49F5N4O6. The normalized spacial score (nSPS) is 11.7. The quantitative estimate of drug-likeness (QED) is 0.0257. The first-order valence-electron chi connectivity index (χ1n) is 20.8. The number of rotatable bonds is 20. The van der Waals surface area contributed by atoms with E-state index in [9.17, 15) is 31.5 Å². The molecule has 0 atom stereocenters. The zero-order valence-electron chi connectivity index (χ0n) is 36.2. The second-order valence-electron chi connectivity index (χ2n) is 15.0. The number of alkyl halides is 3. The first-order chi connectivity index (χ1) is 31.7. The minimum Gasteiger partial charge on any atom is -0.481 e. The van der Waals surface area contributed by atoms with E-state index in [2.05, 4.69) is 20.9 Å². The van der Waals surface area contributed by atoms with Crippen molar-refractivity contribution in [3.8, 4) is 22.3 Å². The molecule has 0 spiro atoms. The molecule has 0 unspecified atom stereocenters. The fourth-order valence-electron chi connectivity index (χ4n) is 6.36. The van der Waals surface area contributed by atoms with E-state index in [-0.39, 0.29) is 43.0 Å². The number of oxime groups is 2. The number of halogens is 5. The lowest BCUT2D eigenvalue weighted by atomic mass is 9.97. The third-order valence-electron chi connectivity index (χ3n) is 9.99. The van der Waals surface area contributed by atoms with E-state index in [1.165, 1.54) is 30.3 Å². The molecule has 0 radical (unpaired) electrons. The van der Waals surface area contributed by atoms with Crippen LogP contribution in [0.25, 0.3) is 22.3 Å². The van der Waals surface area contributed by atoms with Crippen LogP contribution in [-0.2, 0) is 51.7 Å². The lowest BCUT2D eigenvalue weighted by molar-refractivity contribution is -0.138. The van der Waals surface area contributed by atoms with Crippen LogP contribution in [0, 0.1) is 11.6 Å². The van der Waals surface area contributed by atoms with Crippen molar-refractivity contribution in [2.24, 2.45) is 10.3 Å². The lowest BCUT2D eigenvalue weighted by Gasteiger charge is -2.15. The molecule has 0 saturated carbocycles. The summed E-state index contributed by atoms with van der Waals surface area (Å²) in [5.41, 5.74) is 6.83. The van der Waals surface area contributed by atoms with Crippen LogP contribution >= 0.6 is 0 Å². The van der Waals surface area contributed by atoms with Crippen molar-refractivity contribution < 1.29 is 51.4 Å². The van der Waals surface area contributed by atoms with Gasteiger partial charge in [0.1, 0.15) is 24.8 Å². The summed E-state index contributed by atoms with van der Waals surface area (Å²) >= 11 is 0. The highest BCUT2D eigenvalue weighted by atomic mass is 19.4. The molecule has 0 aliphatic carbocycles. The maximum Gasteiger partial charge on any atom is 0.417 e. The van der Waals surface area contributed by atoms with E-state index in [0.717, 1.165) is 51.6 Å². The Morgan fingerprint density at radius 1 is 0.576 bits per heavy atom. The van der Waals surface area contributed by atoms with Crippen molar-refractivity contribution in [3.05, 3.63) is 190 Å². The highest BCUT2D eigenvalue weighted by Crippen LogP contribution is 2.38. The molecule has 0 aliphatic rings. The molecule has 0 saturated heterocycles. The summed E-state index contributed by atoms with van der Waals surface area (Å²) in [6.45, 7) is 5.35. The Morgan fingerprint density at radius 3 is 1.58 bits per heavy atom. The van der Waals surface area contributed by atoms with Crippen LogP contribution in [0.3, 0.4) is 0 Å². The Labute approximate surface area is 379 Å². The van der Waals surface area contributed by atoms with Crippen LogP contribution in [0.15, 0.2) is 150 Å². The largest absolute Gasteiger partial charge is 0.481 e. The van der Waals surface area contributed by atoms with Gasteiger partial charge in [-0.2, -0.15) is 13.2 Å². The Bertz CT molecular complexity index is 2570. The van der Waals surface area contributed by atoms with Crippen molar-refractivity contribution >= 4 is 23.4 Å². The van der Waals surface area contributed by atoms with Crippen LogP contribution < -0.4 is 10.6 Å². The van der Waals surface area contributed by atoms with Crippen molar-refractivity contribution in [1.82, 2.24) is 10.6 Å². The number of hydrogen-bond acceptors (Lipinski definition) is 8. The maximum atomic E-state index is 14.4. The molecule has 15 heteroatoms. The highest BCUT2D eigenvalue weighted by Gasteiger charge is 2.34. The molecule has 344 valence electrons. The molecule has 4 N–H and O–H groups in total. The van der Waals surface area contributed by atoms with Gasteiger partial charge in [0.15, 0.2) is 0 Å². The van der Waals surface area contributed by atoms with E-state index < -0.39 is 29.5 Å². The molecule has 6 aromatic rings. The third-order valence-corrected chi connectivity index (χ3v) is 9.99. The predicted molar refractivity (Wildman–Crippen MR) is 243 cm³/mol. The van der Waals surface area contributed by atoms with E-state index in [1.807, 2.05) is 91.9 Å². The second-order valence-corrected chi connectivity index (χ2v) is 15.0. The van der Waals surface area contributed by atoms with Crippen molar-refractivity contribution in [3.63, 3.8) is 0 Å². The number of nitrogens with one attached hydrogen (secondary N) is 2. The van der Waals surface area contributed by atoms with Gasteiger partial charge in [-0.1, -0.05) is 126 Å². The molecule has 0 fully saturated rings. The first-order valence-corrected chi connectivity index (χ1v) is 20.8. The second kappa shape index (κ2) is 24.7. The number of carboxylic acid groups (broad SMARTS) is 2. The number of carbonyl (C=O) groups is 2. The van der Waals surface area contributed by atoms with Gasteiger partial charge < -0.3 is 30.5 Å². The maximum absolute atomic E-state index is 14.4. The molecule has 0 bridgehead atoms. The summed E-state index contributed by atoms with van der Waals surface area (Å²) in [5.74, 6) is -2.53. The predicted octanol–water partition coefficient (Wildman–Crippen LogP) is 11.0. The SMILES string of the molecule is CC(=NOCc1ccc(-c2ccc(F)cc2)c(C(F)(F)F)c1)c1ccc(CNCCC(=O)O)cc1.CC(=NOCc1ccc(-c2ccccc2)cc1F)c1ccc(CNCCC(=O)O)cc1. The molecule has 6 aromatic carbocycles.